The van der Waals surface area contributed by atoms with Gasteiger partial charge in [0.2, 0.25) is 17.7 Å². The summed E-state index contributed by atoms with van der Waals surface area (Å²) in [7, 11) is 0. The van der Waals surface area contributed by atoms with Crippen molar-refractivity contribution in [2.45, 2.75) is 83.1 Å². The fourth-order valence-electron chi connectivity index (χ4n) is 7.20. The van der Waals surface area contributed by atoms with E-state index in [1.165, 1.54) is 5.56 Å². The third kappa shape index (κ3) is 8.25. The number of amides is 3. The number of aryl methyl sites for hydroxylation is 2. The van der Waals surface area contributed by atoms with E-state index in [4.69, 9.17) is 4.98 Å². The molecule has 3 fully saturated rings. The van der Waals surface area contributed by atoms with Crippen LogP contribution in [0.15, 0.2) is 12.1 Å². The van der Waals surface area contributed by atoms with E-state index in [-0.39, 0.29) is 24.3 Å². The maximum atomic E-state index is 13.2. The molecule has 11 heteroatoms. The highest BCUT2D eigenvalue weighted by Crippen LogP contribution is 2.33. The van der Waals surface area contributed by atoms with Gasteiger partial charge in [0.25, 0.3) is 0 Å². The van der Waals surface area contributed by atoms with E-state index in [0.29, 0.717) is 19.4 Å². The molecule has 3 amide bonds. The predicted molar refractivity (Wildman–Crippen MR) is 162 cm³/mol. The number of carbonyl (C=O) groups is 4. The van der Waals surface area contributed by atoms with Crippen LogP contribution in [0.2, 0.25) is 0 Å². The first-order valence-corrected chi connectivity index (χ1v) is 16.4. The summed E-state index contributed by atoms with van der Waals surface area (Å²) in [5, 5.41) is 18.7. The van der Waals surface area contributed by atoms with E-state index in [9.17, 15) is 24.3 Å². The van der Waals surface area contributed by atoms with Gasteiger partial charge in [-0.3, -0.25) is 14.4 Å². The molecule has 2 saturated heterocycles. The molecule has 0 radical (unpaired) electrons. The Morgan fingerprint density at radius 3 is 2.53 bits per heavy atom. The minimum atomic E-state index is -1.24. The molecule has 236 valence electrons. The Morgan fingerprint density at radius 1 is 0.953 bits per heavy atom. The highest BCUT2D eigenvalue weighted by atomic mass is 16.4. The number of aliphatic carboxylic acids is 1. The SMILES string of the molecule is O=C(O)C(CNC(=O)[C@@H]1CCCN(CCCc2ccc3c(n2)NCCC3)C1)NC(=O)[C@@H]1CCCC[C@H]1C(=O)N1CCCC1. The number of anilines is 1. The Bertz CT molecular complexity index is 1160. The zero-order chi connectivity index (χ0) is 30.2. The number of nitrogens with zero attached hydrogens (tertiary/aromatic N) is 3. The molecule has 1 unspecified atom stereocenters. The van der Waals surface area contributed by atoms with Crippen LogP contribution in [0.3, 0.4) is 0 Å². The number of pyridine rings is 1. The second-order valence-electron chi connectivity index (χ2n) is 12.8. The van der Waals surface area contributed by atoms with Crippen LogP contribution >= 0.6 is 0 Å². The fraction of sp³-hybridized carbons (Fsp3) is 0.719. The Kier molecular flexibility index (Phi) is 10.9. The Labute approximate surface area is 254 Å². The van der Waals surface area contributed by atoms with Crippen LogP contribution in [-0.2, 0) is 32.0 Å². The Hall–Kier alpha value is -3.21. The lowest BCUT2D eigenvalue weighted by molar-refractivity contribution is -0.146. The topological polar surface area (TPSA) is 144 Å². The van der Waals surface area contributed by atoms with Gasteiger partial charge in [-0.1, -0.05) is 18.9 Å². The van der Waals surface area contributed by atoms with Crippen LogP contribution in [0.5, 0.6) is 0 Å². The molecular formula is C32H48N6O5. The van der Waals surface area contributed by atoms with Crippen molar-refractivity contribution >= 4 is 29.5 Å². The third-order valence-electron chi connectivity index (χ3n) is 9.67. The molecule has 43 heavy (non-hydrogen) atoms. The minimum absolute atomic E-state index is 0.0235. The smallest absolute Gasteiger partial charge is 0.328 e. The van der Waals surface area contributed by atoms with Crippen LogP contribution < -0.4 is 16.0 Å². The molecule has 1 aliphatic carbocycles. The number of carbonyl (C=O) groups excluding carboxylic acids is 3. The van der Waals surface area contributed by atoms with Crippen molar-refractivity contribution in [1.29, 1.82) is 0 Å². The normalized spacial score (nSPS) is 24.8. The maximum absolute atomic E-state index is 13.2. The minimum Gasteiger partial charge on any atom is -0.480 e. The maximum Gasteiger partial charge on any atom is 0.328 e. The van der Waals surface area contributed by atoms with Crippen molar-refractivity contribution in [2.24, 2.45) is 17.8 Å². The van der Waals surface area contributed by atoms with Crippen LogP contribution in [0.4, 0.5) is 5.82 Å². The standard InChI is InChI=1S/C32H48N6O5/c39-29(23-9-6-16-37(21-23)17-7-10-24-14-13-22-8-5-15-33-28(22)35-24)34-20-27(32(42)43)36-30(40)25-11-1-2-12-26(25)31(41)38-18-3-4-19-38/h13-14,23,25-27H,1-12,15-21H2,(H,33,35)(H,34,39)(H,36,40)(H,42,43)/t23-,25-,26-,27?/m1/s1. The second-order valence-corrected chi connectivity index (χ2v) is 12.8. The van der Waals surface area contributed by atoms with Crippen molar-refractivity contribution in [3.8, 4) is 0 Å². The Balaban J connectivity index is 1.07. The summed E-state index contributed by atoms with van der Waals surface area (Å²) in [6.07, 6.45) is 10.7. The molecule has 0 aromatic carbocycles. The van der Waals surface area contributed by atoms with E-state index in [1.807, 2.05) is 4.90 Å². The monoisotopic (exact) mass is 596 g/mol. The molecule has 3 aliphatic heterocycles. The van der Waals surface area contributed by atoms with Crippen molar-refractivity contribution in [3.63, 3.8) is 0 Å². The van der Waals surface area contributed by atoms with Crippen molar-refractivity contribution in [1.82, 2.24) is 25.4 Å². The zero-order valence-electron chi connectivity index (χ0n) is 25.3. The molecule has 4 aliphatic rings. The predicted octanol–water partition coefficient (Wildman–Crippen LogP) is 2.20. The lowest BCUT2D eigenvalue weighted by Gasteiger charge is -2.33. The van der Waals surface area contributed by atoms with Gasteiger partial charge in [0.1, 0.15) is 11.9 Å². The molecule has 1 saturated carbocycles. The van der Waals surface area contributed by atoms with Crippen LogP contribution in [0, 0.1) is 17.8 Å². The van der Waals surface area contributed by atoms with E-state index < -0.39 is 29.8 Å². The van der Waals surface area contributed by atoms with Crippen LogP contribution in [0.1, 0.15) is 75.5 Å². The molecule has 4 atom stereocenters. The number of nitrogens with one attached hydrogen (secondary N) is 3. The van der Waals surface area contributed by atoms with Gasteiger partial charge in [-0.2, -0.15) is 0 Å². The number of carboxylic acids is 1. The molecule has 0 bridgehead atoms. The van der Waals surface area contributed by atoms with Crippen LogP contribution in [0.25, 0.3) is 0 Å². The molecule has 11 nitrogen and oxygen atoms in total. The third-order valence-corrected chi connectivity index (χ3v) is 9.67. The first kappa shape index (κ1) is 31.2. The number of piperidine rings is 1. The van der Waals surface area contributed by atoms with Gasteiger partial charge in [-0.05, 0) is 88.9 Å². The van der Waals surface area contributed by atoms with Crippen molar-refractivity contribution in [2.75, 3.05) is 51.1 Å². The van der Waals surface area contributed by atoms with Crippen LogP contribution in [-0.4, -0.2) is 95.4 Å². The fourth-order valence-corrected chi connectivity index (χ4v) is 7.20. The van der Waals surface area contributed by atoms with Crippen molar-refractivity contribution < 1.29 is 24.3 Å². The Morgan fingerprint density at radius 2 is 1.74 bits per heavy atom. The van der Waals surface area contributed by atoms with E-state index >= 15 is 0 Å². The van der Waals surface area contributed by atoms with E-state index in [2.05, 4.69) is 33.0 Å². The lowest BCUT2D eigenvalue weighted by Crippen LogP contribution is -2.53. The molecular weight excluding hydrogens is 548 g/mol. The highest BCUT2D eigenvalue weighted by Gasteiger charge is 2.39. The van der Waals surface area contributed by atoms with Gasteiger partial charge in [0, 0.05) is 50.3 Å². The number of likely N-dealkylation sites (tertiary alicyclic amines) is 2. The van der Waals surface area contributed by atoms with Gasteiger partial charge in [0.15, 0.2) is 0 Å². The molecule has 4 heterocycles. The van der Waals surface area contributed by atoms with Gasteiger partial charge in [-0.15, -0.1) is 0 Å². The number of rotatable bonds is 11. The largest absolute Gasteiger partial charge is 0.480 e. The summed E-state index contributed by atoms with van der Waals surface area (Å²) >= 11 is 0. The number of carboxylic acid groups (broad SMARTS) is 1. The number of hydrogen-bond acceptors (Lipinski definition) is 7. The first-order valence-electron chi connectivity index (χ1n) is 16.4. The quantitative estimate of drug-likeness (QED) is 0.305. The average molecular weight is 597 g/mol. The molecule has 0 spiro atoms. The van der Waals surface area contributed by atoms with Gasteiger partial charge >= 0.3 is 5.97 Å². The van der Waals surface area contributed by atoms with E-state index in [1.54, 1.807) is 0 Å². The number of hydrogen-bond donors (Lipinski definition) is 4. The zero-order valence-corrected chi connectivity index (χ0v) is 25.3. The van der Waals surface area contributed by atoms with Crippen molar-refractivity contribution in [3.05, 3.63) is 23.4 Å². The molecule has 1 aromatic rings. The summed E-state index contributed by atoms with van der Waals surface area (Å²) in [6, 6.07) is 3.06. The average Bonchev–Trinajstić information content (AvgIpc) is 3.58. The summed E-state index contributed by atoms with van der Waals surface area (Å²) in [5.41, 5.74) is 2.37. The summed E-state index contributed by atoms with van der Waals surface area (Å²) in [6.45, 7) is 4.72. The molecule has 4 N–H and O–H groups in total. The molecule has 5 rings (SSSR count). The van der Waals surface area contributed by atoms with E-state index in [0.717, 1.165) is 108 Å². The summed E-state index contributed by atoms with van der Waals surface area (Å²) < 4.78 is 0. The van der Waals surface area contributed by atoms with Gasteiger partial charge < -0.3 is 30.9 Å². The first-order chi connectivity index (χ1) is 20.9. The number of aromatic nitrogens is 1. The van der Waals surface area contributed by atoms with Gasteiger partial charge in [-0.25, -0.2) is 9.78 Å². The summed E-state index contributed by atoms with van der Waals surface area (Å²) in [5.74, 6) is -1.87. The molecule has 1 aromatic heterocycles. The summed E-state index contributed by atoms with van der Waals surface area (Å²) in [4.78, 5) is 60.4. The second kappa shape index (κ2) is 15.0. The highest BCUT2D eigenvalue weighted by molar-refractivity contribution is 5.90. The van der Waals surface area contributed by atoms with Gasteiger partial charge in [0.05, 0.1) is 5.92 Å². The number of fused-ring (bicyclic) bond motifs is 1. The lowest BCUT2D eigenvalue weighted by atomic mass is 9.77.